The number of anilines is 2. The first kappa shape index (κ1) is 15.7. The molecule has 0 saturated carbocycles. The van der Waals surface area contributed by atoms with Crippen LogP contribution in [0.1, 0.15) is 19.8 Å². The SMILES string of the molecule is CCCC(=O)Oc1ccccc1Nc1c(Cl)cccc1Cl. The van der Waals surface area contributed by atoms with E-state index in [1.807, 2.05) is 13.0 Å². The molecule has 0 spiro atoms. The number of hydrogen-bond acceptors (Lipinski definition) is 3. The second-order valence-electron chi connectivity index (χ2n) is 4.44. The van der Waals surface area contributed by atoms with Crippen LogP contribution in [0.4, 0.5) is 11.4 Å². The summed E-state index contributed by atoms with van der Waals surface area (Å²) in [7, 11) is 0. The van der Waals surface area contributed by atoms with Crippen molar-refractivity contribution in [3.8, 4) is 5.75 Å². The van der Waals surface area contributed by atoms with Gasteiger partial charge >= 0.3 is 5.97 Å². The molecule has 0 radical (unpaired) electrons. The Morgan fingerprint density at radius 2 is 1.76 bits per heavy atom. The van der Waals surface area contributed by atoms with E-state index in [1.165, 1.54) is 0 Å². The molecule has 0 fully saturated rings. The Bertz CT molecular complexity index is 624. The van der Waals surface area contributed by atoms with Crippen LogP contribution in [-0.4, -0.2) is 5.97 Å². The number of carbonyl (C=O) groups is 1. The molecule has 2 aromatic carbocycles. The van der Waals surface area contributed by atoms with Gasteiger partial charge in [-0.3, -0.25) is 4.79 Å². The number of benzene rings is 2. The molecule has 0 unspecified atom stereocenters. The minimum Gasteiger partial charge on any atom is -0.424 e. The Balaban J connectivity index is 2.26. The third kappa shape index (κ3) is 4.13. The molecule has 21 heavy (non-hydrogen) atoms. The van der Waals surface area contributed by atoms with Crippen LogP contribution >= 0.6 is 23.2 Å². The number of halogens is 2. The van der Waals surface area contributed by atoms with Crippen molar-refractivity contribution in [3.05, 3.63) is 52.5 Å². The topological polar surface area (TPSA) is 38.3 Å². The number of nitrogens with one attached hydrogen (secondary N) is 1. The highest BCUT2D eigenvalue weighted by Crippen LogP contribution is 2.35. The van der Waals surface area contributed by atoms with E-state index in [0.717, 1.165) is 6.42 Å². The number of hydrogen-bond donors (Lipinski definition) is 1. The Kier molecular flexibility index (Phi) is 5.48. The summed E-state index contributed by atoms with van der Waals surface area (Å²) in [4.78, 5) is 11.6. The maximum atomic E-state index is 11.6. The monoisotopic (exact) mass is 323 g/mol. The average molecular weight is 324 g/mol. The summed E-state index contributed by atoms with van der Waals surface area (Å²) < 4.78 is 5.35. The van der Waals surface area contributed by atoms with E-state index < -0.39 is 0 Å². The molecule has 0 atom stereocenters. The second-order valence-corrected chi connectivity index (χ2v) is 5.26. The summed E-state index contributed by atoms with van der Waals surface area (Å²) in [6, 6.07) is 12.4. The standard InChI is InChI=1S/C16H15Cl2NO2/c1-2-6-15(20)21-14-10-4-3-9-13(14)19-16-11(17)7-5-8-12(16)18/h3-5,7-10,19H,2,6H2,1H3. The number of carbonyl (C=O) groups excluding carboxylic acids is 1. The molecule has 0 aliphatic rings. The van der Waals surface area contributed by atoms with Crippen molar-refractivity contribution in [3.63, 3.8) is 0 Å². The summed E-state index contributed by atoms with van der Waals surface area (Å²) >= 11 is 12.3. The van der Waals surface area contributed by atoms with E-state index in [1.54, 1.807) is 36.4 Å². The lowest BCUT2D eigenvalue weighted by Crippen LogP contribution is -2.08. The summed E-state index contributed by atoms with van der Waals surface area (Å²) in [5.74, 6) is 0.184. The van der Waals surface area contributed by atoms with Crippen molar-refractivity contribution in [2.24, 2.45) is 0 Å². The van der Waals surface area contributed by atoms with Gasteiger partial charge in [0.2, 0.25) is 0 Å². The van der Waals surface area contributed by atoms with E-state index in [0.29, 0.717) is 33.6 Å². The first-order valence-corrected chi connectivity index (χ1v) is 7.38. The minimum absolute atomic E-state index is 0.267. The summed E-state index contributed by atoms with van der Waals surface area (Å²) in [5, 5.41) is 4.11. The van der Waals surface area contributed by atoms with Gasteiger partial charge in [0.1, 0.15) is 0 Å². The highest BCUT2D eigenvalue weighted by atomic mass is 35.5. The molecule has 0 heterocycles. The number of para-hydroxylation sites is 3. The van der Waals surface area contributed by atoms with E-state index in [2.05, 4.69) is 5.32 Å². The van der Waals surface area contributed by atoms with Gasteiger partial charge < -0.3 is 10.1 Å². The molecule has 0 aliphatic heterocycles. The van der Waals surface area contributed by atoms with Crippen molar-refractivity contribution in [2.45, 2.75) is 19.8 Å². The second kappa shape index (κ2) is 7.34. The zero-order chi connectivity index (χ0) is 15.2. The molecule has 0 bridgehead atoms. The lowest BCUT2D eigenvalue weighted by atomic mass is 10.2. The molecule has 0 amide bonds. The van der Waals surface area contributed by atoms with E-state index >= 15 is 0 Å². The quantitative estimate of drug-likeness (QED) is 0.588. The fourth-order valence-corrected chi connectivity index (χ4v) is 2.28. The third-order valence-corrected chi connectivity index (χ3v) is 3.42. The Morgan fingerprint density at radius 3 is 2.43 bits per heavy atom. The average Bonchev–Trinajstić information content (AvgIpc) is 2.45. The normalized spacial score (nSPS) is 10.2. The maximum absolute atomic E-state index is 11.6. The van der Waals surface area contributed by atoms with Gasteiger partial charge in [-0.05, 0) is 30.7 Å². The largest absolute Gasteiger partial charge is 0.424 e. The fraction of sp³-hybridized carbons (Fsp3) is 0.188. The molecule has 3 nitrogen and oxygen atoms in total. The van der Waals surface area contributed by atoms with Gasteiger partial charge in [-0.15, -0.1) is 0 Å². The highest BCUT2D eigenvalue weighted by Gasteiger charge is 2.11. The fourth-order valence-electron chi connectivity index (χ4n) is 1.79. The molecular weight excluding hydrogens is 309 g/mol. The Hall–Kier alpha value is -1.71. The molecule has 0 aliphatic carbocycles. The zero-order valence-electron chi connectivity index (χ0n) is 11.5. The third-order valence-electron chi connectivity index (χ3n) is 2.79. The predicted molar refractivity (Wildman–Crippen MR) is 86.7 cm³/mol. The number of ether oxygens (including phenoxy) is 1. The van der Waals surface area contributed by atoms with Crippen LogP contribution in [0.2, 0.25) is 10.0 Å². The van der Waals surface area contributed by atoms with Crippen molar-refractivity contribution >= 4 is 40.5 Å². The molecule has 1 N–H and O–H groups in total. The van der Waals surface area contributed by atoms with Crippen LogP contribution in [0.5, 0.6) is 5.75 Å². The summed E-state index contributed by atoms with van der Waals surface area (Å²) in [6.07, 6.45) is 1.12. The molecule has 0 saturated heterocycles. The van der Waals surface area contributed by atoms with Gasteiger partial charge in [-0.1, -0.05) is 48.3 Å². The van der Waals surface area contributed by atoms with Gasteiger partial charge in [0.15, 0.2) is 5.75 Å². The summed E-state index contributed by atoms with van der Waals surface area (Å²) in [5.41, 5.74) is 1.22. The smallest absolute Gasteiger partial charge is 0.311 e. The van der Waals surface area contributed by atoms with Crippen LogP contribution in [0, 0.1) is 0 Å². The van der Waals surface area contributed by atoms with Crippen molar-refractivity contribution < 1.29 is 9.53 Å². The summed E-state index contributed by atoms with van der Waals surface area (Å²) in [6.45, 7) is 1.93. The minimum atomic E-state index is -0.267. The molecular formula is C16H15Cl2NO2. The van der Waals surface area contributed by atoms with Crippen molar-refractivity contribution in [1.82, 2.24) is 0 Å². The lowest BCUT2D eigenvalue weighted by Gasteiger charge is -2.14. The molecule has 110 valence electrons. The van der Waals surface area contributed by atoms with Crippen LogP contribution in [0.25, 0.3) is 0 Å². The van der Waals surface area contributed by atoms with Crippen LogP contribution in [0.3, 0.4) is 0 Å². The van der Waals surface area contributed by atoms with Crippen LogP contribution in [-0.2, 0) is 4.79 Å². The van der Waals surface area contributed by atoms with Crippen molar-refractivity contribution in [2.75, 3.05) is 5.32 Å². The number of esters is 1. The lowest BCUT2D eigenvalue weighted by molar-refractivity contribution is -0.134. The Morgan fingerprint density at radius 1 is 1.10 bits per heavy atom. The molecule has 5 heteroatoms. The van der Waals surface area contributed by atoms with Gasteiger partial charge in [0.25, 0.3) is 0 Å². The molecule has 0 aromatic heterocycles. The first-order valence-electron chi connectivity index (χ1n) is 6.62. The van der Waals surface area contributed by atoms with Gasteiger partial charge in [-0.2, -0.15) is 0 Å². The van der Waals surface area contributed by atoms with Gasteiger partial charge in [0, 0.05) is 6.42 Å². The molecule has 2 rings (SSSR count). The van der Waals surface area contributed by atoms with Crippen LogP contribution in [0.15, 0.2) is 42.5 Å². The zero-order valence-corrected chi connectivity index (χ0v) is 13.0. The van der Waals surface area contributed by atoms with Crippen molar-refractivity contribution in [1.29, 1.82) is 0 Å². The van der Waals surface area contributed by atoms with Gasteiger partial charge in [0.05, 0.1) is 21.4 Å². The van der Waals surface area contributed by atoms with Crippen LogP contribution < -0.4 is 10.1 Å². The molecule has 2 aromatic rings. The predicted octanol–water partition coefficient (Wildman–Crippen LogP) is 5.44. The van der Waals surface area contributed by atoms with Gasteiger partial charge in [-0.25, -0.2) is 0 Å². The maximum Gasteiger partial charge on any atom is 0.311 e. The van der Waals surface area contributed by atoms with E-state index in [-0.39, 0.29) is 5.97 Å². The highest BCUT2D eigenvalue weighted by molar-refractivity contribution is 6.39. The van der Waals surface area contributed by atoms with E-state index in [4.69, 9.17) is 27.9 Å². The number of rotatable bonds is 5. The Labute approximate surface area is 133 Å². The van der Waals surface area contributed by atoms with E-state index in [9.17, 15) is 4.79 Å². The first-order chi connectivity index (χ1) is 10.1.